The van der Waals surface area contributed by atoms with Crippen LogP contribution in [0.1, 0.15) is 26.7 Å². The molecule has 0 spiro atoms. The van der Waals surface area contributed by atoms with Gasteiger partial charge in [0.1, 0.15) is 10.7 Å². The average molecular weight is 389 g/mol. The molecule has 0 aromatic heterocycles. The number of benzene rings is 1. The molecular formula is C13H22ClFN2O4S2. The summed E-state index contributed by atoms with van der Waals surface area (Å²) in [5.41, 5.74) is 4.83. The van der Waals surface area contributed by atoms with E-state index in [0.29, 0.717) is 18.9 Å². The Hall–Kier alpha value is -0.740. The van der Waals surface area contributed by atoms with E-state index >= 15 is 0 Å². The second-order valence-electron chi connectivity index (χ2n) is 5.16. The first kappa shape index (κ1) is 22.3. The van der Waals surface area contributed by atoms with Crippen LogP contribution in [0.25, 0.3) is 0 Å². The van der Waals surface area contributed by atoms with Crippen LogP contribution in [-0.2, 0) is 19.9 Å². The second kappa shape index (κ2) is 7.89. The van der Waals surface area contributed by atoms with Gasteiger partial charge in [0.25, 0.3) is 0 Å². The van der Waals surface area contributed by atoms with E-state index in [1.54, 1.807) is 13.8 Å². The van der Waals surface area contributed by atoms with Crippen molar-refractivity contribution in [2.75, 3.05) is 12.8 Å². The van der Waals surface area contributed by atoms with E-state index in [-0.39, 0.29) is 23.8 Å². The maximum Gasteiger partial charge on any atom is 0.241 e. The number of hydrogen-bond acceptors (Lipinski definition) is 5. The van der Waals surface area contributed by atoms with Crippen molar-refractivity contribution in [1.29, 1.82) is 0 Å². The van der Waals surface area contributed by atoms with E-state index in [2.05, 4.69) is 4.72 Å². The Bertz CT molecular complexity index is 739. The Labute approximate surface area is 143 Å². The monoisotopic (exact) mass is 388 g/mol. The summed E-state index contributed by atoms with van der Waals surface area (Å²) in [4.78, 5) is -0.875. The predicted octanol–water partition coefficient (Wildman–Crippen LogP) is 1.45. The molecule has 0 fully saturated rings. The standard InChI is InChI=1S/C13H21FN2O4S2.ClH/c1-4-13(5-2,9-15)16-22(19,20)10-6-7-12(11(14)8-10)21(3,17)18;/h6-8,16H,4-5,9,15H2,1-3H3;1H. The summed E-state index contributed by atoms with van der Waals surface area (Å²) in [5.74, 6) is -1.10. The minimum atomic E-state index is -4.00. The second-order valence-corrected chi connectivity index (χ2v) is 8.83. The number of sulfone groups is 1. The van der Waals surface area contributed by atoms with Crippen molar-refractivity contribution in [3.05, 3.63) is 24.0 Å². The van der Waals surface area contributed by atoms with Crippen LogP contribution in [0, 0.1) is 5.82 Å². The third kappa shape index (κ3) is 5.12. The molecule has 10 heteroatoms. The topological polar surface area (TPSA) is 106 Å². The van der Waals surface area contributed by atoms with Crippen LogP contribution >= 0.6 is 12.4 Å². The van der Waals surface area contributed by atoms with Gasteiger partial charge in [-0.3, -0.25) is 0 Å². The number of nitrogens with two attached hydrogens (primary N) is 1. The molecule has 0 aliphatic rings. The van der Waals surface area contributed by atoms with E-state index in [4.69, 9.17) is 5.73 Å². The van der Waals surface area contributed by atoms with Crippen molar-refractivity contribution in [2.45, 2.75) is 42.0 Å². The predicted molar refractivity (Wildman–Crippen MR) is 89.4 cm³/mol. The van der Waals surface area contributed by atoms with Crippen LogP contribution in [0.5, 0.6) is 0 Å². The first-order valence-corrected chi connectivity index (χ1v) is 10.1. The molecule has 3 N–H and O–H groups in total. The Morgan fingerprint density at radius 3 is 2.04 bits per heavy atom. The summed E-state index contributed by atoms with van der Waals surface area (Å²) in [6.07, 6.45) is 1.80. The zero-order chi connectivity index (χ0) is 17.2. The van der Waals surface area contributed by atoms with Crippen molar-refractivity contribution in [1.82, 2.24) is 4.72 Å². The molecule has 1 rings (SSSR count). The van der Waals surface area contributed by atoms with Crippen LogP contribution in [0.15, 0.2) is 28.0 Å². The van der Waals surface area contributed by atoms with Gasteiger partial charge in [0.2, 0.25) is 10.0 Å². The van der Waals surface area contributed by atoms with Crippen molar-refractivity contribution < 1.29 is 21.2 Å². The quantitative estimate of drug-likeness (QED) is 0.735. The molecule has 1 aromatic carbocycles. The molecule has 0 bridgehead atoms. The van der Waals surface area contributed by atoms with E-state index in [9.17, 15) is 21.2 Å². The zero-order valence-electron chi connectivity index (χ0n) is 13.2. The minimum Gasteiger partial charge on any atom is -0.329 e. The molecule has 0 amide bonds. The molecule has 0 unspecified atom stereocenters. The maximum atomic E-state index is 13.9. The van der Waals surface area contributed by atoms with Crippen molar-refractivity contribution in [3.63, 3.8) is 0 Å². The fourth-order valence-electron chi connectivity index (χ4n) is 2.02. The number of sulfonamides is 1. The van der Waals surface area contributed by atoms with E-state index in [0.717, 1.165) is 18.4 Å². The SMILES string of the molecule is CCC(CC)(CN)NS(=O)(=O)c1ccc(S(C)(=O)=O)c(F)c1.Cl. The summed E-state index contributed by atoms with van der Waals surface area (Å²) in [5, 5.41) is 0. The third-order valence-corrected chi connectivity index (χ3v) is 6.41. The molecule has 23 heavy (non-hydrogen) atoms. The first-order valence-electron chi connectivity index (χ1n) is 6.75. The summed E-state index contributed by atoms with van der Waals surface area (Å²) < 4.78 is 63.8. The van der Waals surface area contributed by atoms with Crippen molar-refractivity contribution >= 4 is 32.3 Å². The van der Waals surface area contributed by atoms with E-state index < -0.39 is 36.1 Å². The molecule has 0 saturated carbocycles. The molecule has 1 aromatic rings. The highest BCUT2D eigenvalue weighted by molar-refractivity contribution is 7.90. The van der Waals surface area contributed by atoms with E-state index in [1.807, 2.05) is 0 Å². The van der Waals surface area contributed by atoms with Gasteiger partial charge in [-0.15, -0.1) is 12.4 Å². The summed E-state index contributed by atoms with van der Waals surface area (Å²) in [6.45, 7) is 3.70. The fraction of sp³-hybridized carbons (Fsp3) is 0.538. The van der Waals surface area contributed by atoms with Gasteiger partial charge >= 0.3 is 0 Å². The van der Waals surface area contributed by atoms with Gasteiger partial charge in [0, 0.05) is 18.3 Å². The van der Waals surface area contributed by atoms with Gasteiger partial charge in [-0.05, 0) is 31.0 Å². The highest BCUT2D eigenvalue weighted by Crippen LogP contribution is 2.22. The van der Waals surface area contributed by atoms with Gasteiger partial charge in [0.15, 0.2) is 9.84 Å². The number of hydrogen-bond donors (Lipinski definition) is 2. The van der Waals surface area contributed by atoms with Gasteiger partial charge in [-0.1, -0.05) is 13.8 Å². The van der Waals surface area contributed by atoms with Crippen LogP contribution in [0.3, 0.4) is 0 Å². The zero-order valence-corrected chi connectivity index (χ0v) is 15.6. The van der Waals surface area contributed by atoms with Gasteiger partial charge < -0.3 is 5.73 Å². The smallest absolute Gasteiger partial charge is 0.241 e. The lowest BCUT2D eigenvalue weighted by atomic mass is 9.95. The Kier molecular flexibility index (Phi) is 7.63. The lowest BCUT2D eigenvalue weighted by molar-refractivity contribution is 0.363. The van der Waals surface area contributed by atoms with Crippen molar-refractivity contribution in [2.24, 2.45) is 5.73 Å². The largest absolute Gasteiger partial charge is 0.329 e. The summed E-state index contributed by atoms with van der Waals surface area (Å²) in [6, 6.07) is 2.71. The van der Waals surface area contributed by atoms with E-state index in [1.165, 1.54) is 0 Å². The third-order valence-electron chi connectivity index (χ3n) is 3.71. The molecule has 134 valence electrons. The molecule has 0 saturated heterocycles. The minimum absolute atomic E-state index is 0. The van der Waals surface area contributed by atoms with Gasteiger partial charge in [-0.2, -0.15) is 0 Å². The van der Waals surface area contributed by atoms with Crippen LogP contribution in [-0.4, -0.2) is 35.2 Å². The maximum absolute atomic E-state index is 13.9. The lowest BCUT2D eigenvalue weighted by Crippen LogP contribution is -2.52. The van der Waals surface area contributed by atoms with Gasteiger partial charge in [-0.25, -0.2) is 25.9 Å². The highest BCUT2D eigenvalue weighted by Gasteiger charge is 2.31. The van der Waals surface area contributed by atoms with Gasteiger partial charge in [0.05, 0.1) is 4.90 Å². The average Bonchev–Trinajstić information content (AvgIpc) is 2.43. The Morgan fingerprint density at radius 2 is 1.70 bits per heavy atom. The van der Waals surface area contributed by atoms with Crippen LogP contribution in [0.2, 0.25) is 0 Å². The number of halogens is 2. The Morgan fingerprint density at radius 1 is 1.17 bits per heavy atom. The molecule has 0 aliphatic heterocycles. The first-order chi connectivity index (χ1) is 10.0. The number of rotatable bonds is 7. The summed E-state index contributed by atoms with van der Waals surface area (Å²) in [7, 11) is -7.76. The number of nitrogens with one attached hydrogen (secondary N) is 1. The van der Waals surface area contributed by atoms with Crippen LogP contribution < -0.4 is 10.5 Å². The molecule has 0 radical (unpaired) electrons. The Balaban J connectivity index is 0.00000484. The highest BCUT2D eigenvalue weighted by atomic mass is 35.5. The fourth-order valence-corrected chi connectivity index (χ4v) is 4.31. The normalized spacial score (nSPS) is 12.7. The molecule has 0 atom stereocenters. The molecule has 6 nitrogen and oxygen atoms in total. The molecular weight excluding hydrogens is 367 g/mol. The van der Waals surface area contributed by atoms with Crippen molar-refractivity contribution in [3.8, 4) is 0 Å². The summed E-state index contributed by atoms with van der Waals surface area (Å²) >= 11 is 0. The molecule has 0 heterocycles. The molecule has 0 aliphatic carbocycles. The van der Waals surface area contributed by atoms with Crippen LogP contribution in [0.4, 0.5) is 4.39 Å². The lowest BCUT2D eigenvalue weighted by Gasteiger charge is -2.31.